The maximum Gasteiger partial charge on any atom is 0.341 e. The first-order valence-electron chi connectivity index (χ1n) is 10.1. The zero-order valence-corrected chi connectivity index (χ0v) is 19.6. The molecule has 9 heteroatoms. The van der Waals surface area contributed by atoms with Crippen LogP contribution in [-0.2, 0) is 9.53 Å². The van der Waals surface area contributed by atoms with Gasteiger partial charge in [0.1, 0.15) is 23.3 Å². The summed E-state index contributed by atoms with van der Waals surface area (Å²) >= 11 is 4.76. The highest BCUT2D eigenvalue weighted by molar-refractivity contribution is 9.10. The number of hydrogen-bond donors (Lipinski definition) is 2. The maximum atomic E-state index is 12.5. The van der Waals surface area contributed by atoms with Gasteiger partial charge in [-0.3, -0.25) is 4.79 Å². The lowest BCUT2D eigenvalue weighted by Crippen LogP contribution is -2.38. The van der Waals surface area contributed by atoms with Crippen LogP contribution in [0.25, 0.3) is 10.1 Å². The number of aliphatic hydroxyl groups is 1. The lowest BCUT2D eigenvalue weighted by molar-refractivity contribution is -0.114. The van der Waals surface area contributed by atoms with E-state index in [1.54, 1.807) is 19.1 Å². The van der Waals surface area contributed by atoms with Gasteiger partial charge in [-0.05, 0) is 54.9 Å². The number of aliphatic hydroxyl groups excluding tert-OH is 1. The van der Waals surface area contributed by atoms with Gasteiger partial charge in [0.05, 0.1) is 15.8 Å². The number of thiophene rings is 1. The highest BCUT2D eigenvalue weighted by Gasteiger charge is 2.25. The third-order valence-electron chi connectivity index (χ3n) is 4.87. The summed E-state index contributed by atoms with van der Waals surface area (Å²) in [6.45, 7) is 6.08. The number of β-amino-alcohol motifs (C(OH)–C–C–N with tert-alkyl or cyclic N) is 1. The molecule has 1 atom stereocenters. The third-order valence-corrected chi connectivity index (χ3v) is 6.62. The summed E-state index contributed by atoms with van der Waals surface area (Å²) in [7, 11) is 0. The second-order valence-corrected chi connectivity index (χ2v) is 9.16. The number of halogens is 1. The van der Waals surface area contributed by atoms with Crippen molar-refractivity contribution in [2.45, 2.75) is 39.2 Å². The molecule has 0 unspecified atom stereocenters. The average Bonchev–Trinajstić information content (AvgIpc) is 3.05. The molecular weight excluding hydrogens is 472 g/mol. The Morgan fingerprint density at radius 2 is 2.03 bits per heavy atom. The topological polar surface area (TPSA) is 88.1 Å². The molecule has 164 valence electrons. The normalized spacial score (nSPS) is 15.7. The number of anilines is 1. The number of likely N-dealkylation sites (tertiary alicyclic amines) is 1. The molecule has 7 nitrogen and oxygen atoms in total. The van der Waals surface area contributed by atoms with Crippen LogP contribution in [0.3, 0.4) is 0 Å². The zero-order valence-electron chi connectivity index (χ0n) is 17.2. The van der Waals surface area contributed by atoms with Crippen LogP contribution in [0, 0.1) is 0 Å². The van der Waals surface area contributed by atoms with E-state index < -0.39 is 12.1 Å². The van der Waals surface area contributed by atoms with E-state index in [4.69, 9.17) is 9.47 Å². The van der Waals surface area contributed by atoms with Crippen LogP contribution in [0.4, 0.5) is 5.00 Å². The van der Waals surface area contributed by atoms with Gasteiger partial charge in [-0.25, -0.2) is 4.79 Å². The van der Waals surface area contributed by atoms with Crippen molar-refractivity contribution in [3.05, 3.63) is 22.2 Å². The van der Waals surface area contributed by atoms with E-state index in [2.05, 4.69) is 26.1 Å². The number of carbonyl (C=O) groups excluding carboxylic acids is 2. The lowest BCUT2D eigenvalue weighted by atomic mass is 10.1. The number of amides is 1. The predicted octanol–water partition coefficient (Wildman–Crippen LogP) is 4.02. The number of rotatable bonds is 8. The van der Waals surface area contributed by atoms with Crippen molar-refractivity contribution >= 4 is 54.2 Å². The number of carbonyl (C=O) groups is 2. The van der Waals surface area contributed by atoms with Crippen LogP contribution in [-0.4, -0.2) is 60.8 Å². The number of hydrogen-bond acceptors (Lipinski definition) is 7. The minimum Gasteiger partial charge on any atom is -0.488 e. The average molecular weight is 499 g/mol. The summed E-state index contributed by atoms with van der Waals surface area (Å²) < 4.78 is 12.6. The molecule has 1 amide bonds. The number of fused-ring (bicyclic) bond motifs is 1. The lowest BCUT2D eigenvalue weighted by Gasteiger charge is -2.28. The molecule has 2 N–H and O–H groups in total. The third kappa shape index (κ3) is 5.51. The molecule has 0 radical (unpaired) electrons. The SMILES string of the molecule is CCOC(=O)c1c(NC(C)=O)sc2c(OC[C@@H](O)CN3CCCCC3)c(Br)ccc12. The van der Waals surface area contributed by atoms with Crippen LogP contribution in [0.2, 0.25) is 0 Å². The maximum absolute atomic E-state index is 12.5. The van der Waals surface area contributed by atoms with Crippen molar-refractivity contribution < 1.29 is 24.2 Å². The number of benzene rings is 1. The van der Waals surface area contributed by atoms with Gasteiger partial charge in [-0.15, -0.1) is 11.3 Å². The van der Waals surface area contributed by atoms with Crippen molar-refractivity contribution in [3.8, 4) is 5.75 Å². The van der Waals surface area contributed by atoms with Crippen molar-refractivity contribution in [1.82, 2.24) is 4.90 Å². The highest BCUT2D eigenvalue weighted by Crippen LogP contribution is 2.44. The number of ether oxygens (including phenoxy) is 2. The van der Waals surface area contributed by atoms with E-state index in [1.165, 1.54) is 24.7 Å². The Kier molecular flexibility index (Phi) is 8.10. The highest BCUT2D eigenvalue weighted by atomic mass is 79.9. The first-order valence-corrected chi connectivity index (χ1v) is 11.7. The Balaban J connectivity index is 1.85. The summed E-state index contributed by atoms with van der Waals surface area (Å²) in [6, 6.07) is 3.59. The van der Waals surface area contributed by atoms with Crippen LogP contribution in [0.1, 0.15) is 43.5 Å². The molecule has 0 aliphatic carbocycles. The molecule has 2 heterocycles. The van der Waals surface area contributed by atoms with E-state index in [0.29, 0.717) is 37.4 Å². The number of esters is 1. The Hall–Kier alpha value is -1.68. The molecule has 30 heavy (non-hydrogen) atoms. The van der Waals surface area contributed by atoms with Crippen LogP contribution < -0.4 is 10.1 Å². The molecule has 0 bridgehead atoms. The molecule has 0 spiro atoms. The summed E-state index contributed by atoms with van der Waals surface area (Å²) in [5, 5.41) is 14.2. The smallest absolute Gasteiger partial charge is 0.341 e. The van der Waals surface area contributed by atoms with Crippen LogP contribution in [0.5, 0.6) is 5.75 Å². The van der Waals surface area contributed by atoms with E-state index >= 15 is 0 Å². The Morgan fingerprint density at radius 1 is 1.30 bits per heavy atom. The van der Waals surface area contributed by atoms with Crippen molar-refractivity contribution in [2.75, 3.05) is 38.2 Å². The largest absolute Gasteiger partial charge is 0.488 e. The first kappa shape index (κ1) is 23.0. The fraction of sp³-hybridized carbons (Fsp3) is 0.524. The van der Waals surface area contributed by atoms with Crippen molar-refractivity contribution in [3.63, 3.8) is 0 Å². The molecule has 2 aromatic rings. The Bertz CT molecular complexity index is 910. The Morgan fingerprint density at radius 3 is 2.70 bits per heavy atom. The molecule has 3 rings (SSSR count). The zero-order chi connectivity index (χ0) is 21.7. The van der Waals surface area contributed by atoms with Gasteiger partial charge in [0, 0.05) is 18.9 Å². The van der Waals surface area contributed by atoms with Gasteiger partial charge in [0.15, 0.2) is 5.75 Å². The van der Waals surface area contributed by atoms with E-state index in [-0.39, 0.29) is 19.1 Å². The van der Waals surface area contributed by atoms with Gasteiger partial charge in [0.2, 0.25) is 5.91 Å². The molecule has 1 aromatic carbocycles. The fourth-order valence-corrected chi connectivity index (χ4v) is 5.38. The minimum absolute atomic E-state index is 0.135. The van der Waals surface area contributed by atoms with Gasteiger partial charge in [-0.1, -0.05) is 12.5 Å². The van der Waals surface area contributed by atoms with Gasteiger partial charge >= 0.3 is 5.97 Å². The van der Waals surface area contributed by atoms with E-state index in [1.807, 2.05) is 0 Å². The van der Waals surface area contributed by atoms with Crippen molar-refractivity contribution in [2.24, 2.45) is 0 Å². The fourth-order valence-electron chi connectivity index (χ4n) is 3.57. The molecular formula is C21H27BrN2O5S. The standard InChI is InChI=1S/C21H27BrN2O5S/c1-3-28-21(27)17-15-7-8-16(22)18(19(15)30-20(17)23-13(2)25)29-12-14(26)11-24-9-5-4-6-10-24/h7-8,14,26H,3-6,9-12H2,1-2H3,(H,23,25)/t14-/m0/s1. The molecule has 1 aromatic heterocycles. The first-order chi connectivity index (χ1) is 14.4. The number of nitrogens with one attached hydrogen (secondary N) is 1. The second kappa shape index (κ2) is 10.6. The molecule has 1 saturated heterocycles. The summed E-state index contributed by atoms with van der Waals surface area (Å²) in [5.74, 6) is -0.228. The molecule has 0 saturated carbocycles. The minimum atomic E-state index is -0.621. The number of nitrogens with zero attached hydrogens (tertiary/aromatic N) is 1. The van der Waals surface area contributed by atoms with Gasteiger partial charge in [0.25, 0.3) is 0 Å². The Labute approximate surface area is 188 Å². The predicted molar refractivity (Wildman–Crippen MR) is 122 cm³/mol. The molecule has 1 aliphatic heterocycles. The van der Waals surface area contributed by atoms with E-state index in [0.717, 1.165) is 25.9 Å². The van der Waals surface area contributed by atoms with Gasteiger partial charge in [-0.2, -0.15) is 0 Å². The van der Waals surface area contributed by atoms with E-state index in [9.17, 15) is 14.7 Å². The summed E-state index contributed by atoms with van der Waals surface area (Å²) in [4.78, 5) is 26.4. The van der Waals surface area contributed by atoms with Crippen LogP contribution in [0.15, 0.2) is 16.6 Å². The second-order valence-electron chi connectivity index (χ2n) is 7.29. The van der Waals surface area contributed by atoms with Crippen molar-refractivity contribution in [1.29, 1.82) is 0 Å². The van der Waals surface area contributed by atoms with Gasteiger partial charge < -0.3 is 24.8 Å². The van der Waals surface area contributed by atoms with Crippen LogP contribution >= 0.6 is 27.3 Å². The molecule has 1 fully saturated rings. The quantitative estimate of drug-likeness (QED) is 0.534. The summed E-state index contributed by atoms with van der Waals surface area (Å²) in [6.07, 6.45) is 2.95. The number of piperidine rings is 1. The summed E-state index contributed by atoms with van der Waals surface area (Å²) in [5.41, 5.74) is 0.318. The monoisotopic (exact) mass is 498 g/mol. The molecule has 1 aliphatic rings.